The van der Waals surface area contributed by atoms with Crippen LogP contribution in [0.1, 0.15) is 51.4 Å². The maximum Gasteiger partial charge on any atom is 0.123 e. The van der Waals surface area contributed by atoms with E-state index in [1.807, 2.05) is 25.2 Å². The van der Waals surface area contributed by atoms with E-state index >= 15 is 0 Å². The molecule has 0 aliphatic heterocycles. The minimum absolute atomic E-state index is 0.196. The summed E-state index contributed by atoms with van der Waals surface area (Å²) in [6.45, 7) is 1.90. The SMILES string of the molecule is CNCCCCCCCCCCOc1ccc2cc(F)ccc2c1. The monoisotopic (exact) mass is 331 g/mol. The Bertz CT molecular complexity index is 599. The van der Waals surface area contributed by atoms with Crippen molar-refractivity contribution < 1.29 is 9.13 Å². The van der Waals surface area contributed by atoms with Gasteiger partial charge in [-0.15, -0.1) is 0 Å². The van der Waals surface area contributed by atoms with Gasteiger partial charge >= 0.3 is 0 Å². The van der Waals surface area contributed by atoms with Crippen LogP contribution in [-0.4, -0.2) is 20.2 Å². The number of nitrogens with one attached hydrogen (secondary N) is 1. The molecule has 0 aromatic heterocycles. The zero-order valence-electron chi connectivity index (χ0n) is 14.8. The molecule has 0 fully saturated rings. The summed E-state index contributed by atoms with van der Waals surface area (Å²) in [5, 5.41) is 5.12. The zero-order chi connectivity index (χ0) is 17.0. The summed E-state index contributed by atoms with van der Waals surface area (Å²) in [5.74, 6) is 0.678. The third kappa shape index (κ3) is 6.88. The number of benzene rings is 2. The molecule has 0 bridgehead atoms. The van der Waals surface area contributed by atoms with Crippen molar-refractivity contribution in [1.29, 1.82) is 0 Å². The molecule has 0 saturated carbocycles. The minimum Gasteiger partial charge on any atom is -0.494 e. The van der Waals surface area contributed by atoms with Gasteiger partial charge in [0.25, 0.3) is 0 Å². The Morgan fingerprint density at radius 2 is 1.42 bits per heavy atom. The molecule has 0 aliphatic rings. The Hall–Kier alpha value is -1.61. The van der Waals surface area contributed by atoms with Gasteiger partial charge in [0.2, 0.25) is 0 Å². The van der Waals surface area contributed by atoms with Crippen LogP contribution < -0.4 is 10.1 Å². The van der Waals surface area contributed by atoms with Crippen LogP contribution in [0.15, 0.2) is 36.4 Å². The maximum absolute atomic E-state index is 13.2. The third-order valence-electron chi connectivity index (χ3n) is 4.36. The summed E-state index contributed by atoms with van der Waals surface area (Å²) in [6, 6.07) is 10.7. The van der Waals surface area contributed by atoms with Crippen molar-refractivity contribution >= 4 is 10.8 Å². The topological polar surface area (TPSA) is 21.3 Å². The van der Waals surface area contributed by atoms with Gasteiger partial charge in [-0.1, -0.05) is 50.7 Å². The predicted octanol–water partition coefficient (Wildman–Crippen LogP) is 5.70. The third-order valence-corrected chi connectivity index (χ3v) is 4.36. The van der Waals surface area contributed by atoms with Gasteiger partial charge in [0.05, 0.1) is 6.61 Å². The summed E-state index contributed by atoms with van der Waals surface area (Å²) < 4.78 is 19.0. The van der Waals surface area contributed by atoms with Gasteiger partial charge in [0.1, 0.15) is 11.6 Å². The first-order chi connectivity index (χ1) is 11.8. The lowest BCUT2D eigenvalue weighted by Gasteiger charge is -2.07. The molecule has 0 radical (unpaired) electrons. The molecule has 2 nitrogen and oxygen atoms in total. The van der Waals surface area contributed by atoms with Gasteiger partial charge < -0.3 is 10.1 Å². The van der Waals surface area contributed by atoms with Crippen molar-refractivity contribution in [3.8, 4) is 5.75 Å². The van der Waals surface area contributed by atoms with Crippen molar-refractivity contribution in [2.75, 3.05) is 20.2 Å². The Labute approximate surface area is 145 Å². The van der Waals surface area contributed by atoms with E-state index in [0.29, 0.717) is 0 Å². The normalized spacial score (nSPS) is 11.1. The number of ether oxygens (including phenoxy) is 1. The fraction of sp³-hybridized carbons (Fsp3) is 0.524. The molecule has 0 atom stereocenters. The molecule has 0 spiro atoms. The quantitative estimate of drug-likeness (QED) is 0.504. The second-order valence-corrected chi connectivity index (χ2v) is 6.43. The van der Waals surface area contributed by atoms with Gasteiger partial charge in [0.15, 0.2) is 0 Å². The van der Waals surface area contributed by atoms with E-state index in [-0.39, 0.29) is 5.82 Å². The second-order valence-electron chi connectivity index (χ2n) is 6.43. The van der Waals surface area contributed by atoms with Crippen LogP contribution in [0, 0.1) is 5.82 Å². The molecule has 0 aliphatic carbocycles. The van der Waals surface area contributed by atoms with Gasteiger partial charge in [-0.2, -0.15) is 0 Å². The number of fused-ring (bicyclic) bond motifs is 1. The van der Waals surface area contributed by atoms with E-state index in [1.165, 1.54) is 51.0 Å². The molecule has 1 N–H and O–H groups in total. The van der Waals surface area contributed by atoms with Crippen molar-refractivity contribution in [1.82, 2.24) is 5.32 Å². The Kier molecular flexibility index (Phi) is 8.61. The Morgan fingerprint density at radius 3 is 2.17 bits per heavy atom. The second kappa shape index (κ2) is 11.0. The van der Waals surface area contributed by atoms with Crippen molar-refractivity contribution in [3.05, 3.63) is 42.2 Å². The molecule has 0 amide bonds. The highest BCUT2D eigenvalue weighted by Gasteiger charge is 1.99. The predicted molar refractivity (Wildman–Crippen MR) is 100 cm³/mol. The Morgan fingerprint density at radius 1 is 0.792 bits per heavy atom. The van der Waals surface area contributed by atoms with Crippen LogP contribution in [0.3, 0.4) is 0 Å². The van der Waals surface area contributed by atoms with Crippen LogP contribution in [0.25, 0.3) is 10.8 Å². The maximum atomic E-state index is 13.2. The highest BCUT2D eigenvalue weighted by atomic mass is 19.1. The first kappa shape index (κ1) is 18.7. The smallest absolute Gasteiger partial charge is 0.123 e. The highest BCUT2D eigenvalue weighted by Crippen LogP contribution is 2.22. The summed E-state index contributed by atoms with van der Waals surface area (Å²) in [5.41, 5.74) is 0. The molecule has 132 valence electrons. The van der Waals surface area contributed by atoms with Gasteiger partial charge in [-0.25, -0.2) is 4.39 Å². The van der Waals surface area contributed by atoms with E-state index in [9.17, 15) is 4.39 Å². The first-order valence-corrected chi connectivity index (χ1v) is 9.26. The molecular weight excluding hydrogens is 301 g/mol. The molecule has 2 aromatic rings. The molecule has 0 heterocycles. The zero-order valence-corrected chi connectivity index (χ0v) is 14.8. The number of hydrogen-bond donors (Lipinski definition) is 1. The molecule has 3 heteroatoms. The van der Waals surface area contributed by atoms with Crippen molar-refractivity contribution in [3.63, 3.8) is 0 Å². The lowest BCUT2D eigenvalue weighted by atomic mass is 10.1. The number of rotatable bonds is 12. The molecule has 2 rings (SSSR count). The lowest BCUT2D eigenvalue weighted by molar-refractivity contribution is 0.304. The van der Waals surface area contributed by atoms with Crippen LogP contribution in [-0.2, 0) is 0 Å². The highest BCUT2D eigenvalue weighted by molar-refractivity contribution is 5.83. The van der Waals surface area contributed by atoms with Gasteiger partial charge in [-0.3, -0.25) is 0 Å². The lowest BCUT2D eigenvalue weighted by Crippen LogP contribution is -2.06. The standard InChI is InChI=1S/C21H30FNO/c1-23-14-8-6-4-2-3-5-7-9-15-24-21-13-11-18-16-20(22)12-10-19(18)17-21/h10-13,16-17,23H,2-9,14-15H2,1H3. The molecule has 24 heavy (non-hydrogen) atoms. The fourth-order valence-corrected chi connectivity index (χ4v) is 2.94. The minimum atomic E-state index is -0.196. The van der Waals surface area contributed by atoms with E-state index in [0.717, 1.165) is 36.1 Å². The van der Waals surface area contributed by atoms with Gasteiger partial charge in [-0.05, 0) is 61.5 Å². The molecular formula is C21H30FNO. The van der Waals surface area contributed by atoms with Crippen molar-refractivity contribution in [2.24, 2.45) is 0 Å². The summed E-state index contributed by atoms with van der Waals surface area (Å²) >= 11 is 0. The van der Waals surface area contributed by atoms with Gasteiger partial charge in [0, 0.05) is 0 Å². The van der Waals surface area contributed by atoms with Crippen LogP contribution in [0.4, 0.5) is 4.39 Å². The number of halogens is 1. The molecule has 0 unspecified atom stereocenters. The van der Waals surface area contributed by atoms with Crippen LogP contribution >= 0.6 is 0 Å². The van der Waals surface area contributed by atoms with E-state index < -0.39 is 0 Å². The van der Waals surface area contributed by atoms with Crippen LogP contribution in [0.5, 0.6) is 5.75 Å². The van der Waals surface area contributed by atoms with E-state index in [2.05, 4.69) is 5.32 Å². The number of hydrogen-bond acceptors (Lipinski definition) is 2. The van der Waals surface area contributed by atoms with E-state index in [1.54, 1.807) is 12.1 Å². The van der Waals surface area contributed by atoms with E-state index in [4.69, 9.17) is 4.74 Å². The largest absolute Gasteiger partial charge is 0.494 e. The summed E-state index contributed by atoms with van der Waals surface area (Å²) in [6.07, 6.45) is 10.3. The van der Waals surface area contributed by atoms with Crippen LogP contribution in [0.2, 0.25) is 0 Å². The Balaban J connectivity index is 1.54. The molecule has 2 aromatic carbocycles. The number of unbranched alkanes of at least 4 members (excludes halogenated alkanes) is 7. The average molecular weight is 331 g/mol. The fourth-order valence-electron chi connectivity index (χ4n) is 2.94. The van der Waals surface area contributed by atoms with Crippen molar-refractivity contribution in [2.45, 2.75) is 51.4 Å². The molecule has 0 saturated heterocycles. The summed E-state index contributed by atoms with van der Waals surface area (Å²) in [7, 11) is 2.01. The average Bonchev–Trinajstić information content (AvgIpc) is 2.59. The summed E-state index contributed by atoms with van der Waals surface area (Å²) in [4.78, 5) is 0. The first-order valence-electron chi connectivity index (χ1n) is 9.26.